The molecule has 3 heterocycles. The summed E-state index contributed by atoms with van der Waals surface area (Å²) >= 11 is 0. The maximum atomic E-state index is 12.5. The van der Waals surface area contributed by atoms with Gasteiger partial charge in [-0.1, -0.05) is 18.9 Å². The van der Waals surface area contributed by atoms with E-state index in [4.69, 9.17) is 0 Å². The predicted molar refractivity (Wildman–Crippen MR) is 109 cm³/mol. The van der Waals surface area contributed by atoms with Crippen LogP contribution in [0.25, 0.3) is 0 Å². The lowest BCUT2D eigenvalue weighted by molar-refractivity contribution is -0.143. The molecule has 2 fully saturated rings. The minimum Gasteiger partial charge on any atom is -0.357 e. The predicted octanol–water partition coefficient (Wildman–Crippen LogP) is 2.76. The van der Waals surface area contributed by atoms with E-state index in [-0.39, 0.29) is 6.04 Å². The van der Waals surface area contributed by atoms with Crippen LogP contribution in [0.4, 0.5) is 19.0 Å². The average Bonchev–Trinajstić information content (AvgIpc) is 2.93. The van der Waals surface area contributed by atoms with Gasteiger partial charge in [0.25, 0.3) is 0 Å². The Labute approximate surface area is 170 Å². The Morgan fingerprint density at radius 1 is 1.17 bits per heavy atom. The Morgan fingerprint density at radius 3 is 2.55 bits per heavy atom. The van der Waals surface area contributed by atoms with Gasteiger partial charge in [0.2, 0.25) is 0 Å². The molecule has 0 aromatic carbocycles. The molecule has 0 bridgehead atoms. The molecule has 162 valence electrons. The smallest absolute Gasteiger partial charge is 0.357 e. The highest BCUT2D eigenvalue weighted by Gasteiger charge is 2.34. The largest absolute Gasteiger partial charge is 0.401 e. The number of anilines is 1. The summed E-state index contributed by atoms with van der Waals surface area (Å²) in [5, 5.41) is 6.45. The van der Waals surface area contributed by atoms with Crippen molar-refractivity contribution in [3.05, 3.63) is 23.9 Å². The number of aromatic nitrogens is 1. The molecule has 0 aliphatic carbocycles. The number of aliphatic imine (C=N–C) groups is 1. The van der Waals surface area contributed by atoms with Crippen molar-refractivity contribution < 1.29 is 13.2 Å². The van der Waals surface area contributed by atoms with Crippen molar-refractivity contribution in [2.75, 3.05) is 44.7 Å². The average molecular weight is 413 g/mol. The van der Waals surface area contributed by atoms with E-state index in [1.807, 2.05) is 6.20 Å². The molecule has 1 atom stereocenters. The molecule has 0 saturated carbocycles. The van der Waals surface area contributed by atoms with E-state index in [9.17, 15) is 13.2 Å². The van der Waals surface area contributed by atoms with Gasteiger partial charge in [-0.2, -0.15) is 13.2 Å². The van der Waals surface area contributed by atoms with Crippen LogP contribution in [0.2, 0.25) is 0 Å². The summed E-state index contributed by atoms with van der Waals surface area (Å²) in [7, 11) is 1.67. The zero-order valence-corrected chi connectivity index (χ0v) is 17.0. The Hall–Kier alpha value is -2.03. The normalized spacial score (nSPS) is 21.9. The van der Waals surface area contributed by atoms with Gasteiger partial charge in [-0.15, -0.1) is 0 Å². The number of guanidine groups is 1. The van der Waals surface area contributed by atoms with Crippen LogP contribution in [0, 0.1) is 0 Å². The molecular weight excluding hydrogens is 381 g/mol. The monoisotopic (exact) mass is 412 g/mol. The lowest BCUT2D eigenvalue weighted by Gasteiger charge is -2.21. The maximum Gasteiger partial charge on any atom is 0.401 e. The third-order valence-corrected chi connectivity index (χ3v) is 5.44. The highest BCUT2D eigenvalue weighted by atomic mass is 19.4. The zero-order chi connectivity index (χ0) is 20.7. The van der Waals surface area contributed by atoms with E-state index >= 15 is 0 Å². The number of rotatable bonds is 5. The van der Waals surface area contributed by atoms with Crippen LogP contribution in [0.15, 0.2) is 23.3 Å². The van der Waals surface area contributed by atoms with Crippen molar-refractivity contribution in [3.8, 4) is 0 Å². The van der Waals surface area contributed by atoms with E-state index < -0.39 is 12.7 Å². The second kappa shape index (κ2) is 10.1. The summed E-state index contributed by atoms with van der Waals surface area (Å²) in [5.74, 6) is 1.62. The lowest BCUT2D eigenvalue weighted by Crippen LogP contribution is -2.44. The van der Waals surface area contributed by atoms with Gasteiger partial charge in [-0.05, 0) is 30.9 Å². The molecule has 2 aliphatic rings. The second-order valence-corrected chi connectivity index (χ2v) is 7.83. The number of alkyl halides is 3. The third kappa shape index (κ3) is 7.06. The first-order valence-corrected chi connectivity index (χ1v) is 10.4. The van der Waals surface area contributed by atoms with Gasteiger partial charge in [0, 0.05) is 52.0 Å². The summed E-state index contributed by atoms with van der Waals surface area (Å²) in [6, 6.07) is 4.09. The van der Waals surface area contributed by atoms with Crippen molar-refractivity contribution >= 4 is 11.8 Å². The van der Waals surface area contributed by atoms with Crippen LogP contribution < -0.4 is 15.5 Å². The molecule has 9 heteroatoms. The quantitative estimate of drug-likeness (QED) is 0.575. The van der Waals surface area contributed by atoms with Crippen LogP contribution in [-0.2, 0) is 6.54 Å². The van der Waals surface area contributed by atoms with Gasteiger partial charge in [-0.25, -0.2) is 4.98 Å². The van der Waals surface area contributed by atoms with Gasteiger partial charge in [0.15, 0.2) is 5.96 Å². The fraction of sp³-hybridized carbons (Fsp3) is 0.700. The Kier molecular flexibility index (Phi) is 7.57. The molecule has 0 spiro atoms. The van der Waals surface area contributed by atoms with E-state index in [0.717, 1.165) is 24.5 Å². The molecule has 0 radical (unpaired) electrons. The zero-order valence-electron chi connectivity index (χ0n) is 17.0. The number of nitrogens with zero attached hydrogens (tertiary/aromatic N) is 4. The van der Waals surface area contributed by atoms with Crippen molar-refractivity contribution in [2.45, 2.75) is 50.9 Å². The van der Waals surface area contributed by atoms with Gasteiger partial charge in [0.05, 0.1) is 6.54 Å². The van der Waals surface area contributed by atoms with Crippen LogP contribution >= 0.6 is 0 Å². The molecule has 1 aromatic heterocycles. The third-order valence-electron chi connectivity index (χ3n) is 5.44. The molecule has 1 aromatic rings. The highest BCUT2D eigenvalue weighted by Crippen LogP contribution is 2.20. The molecule has 29 heavy (non-hydrogen) atoms. The van der Waals surface area contributed by atoms with Gasteiger partial charge < -0.3 is 15.5 Å². The first-order valence-electron chi connectivity index (χ1n) is 10.4. The Balaban J connectivity index is 1.45. The van der Waals surface area contributed by atoms with Gasteiger partial charge in [0.1, 0.15) is 5.82 Å². The SMILES string of the molecule is CN=C(NCc1ccc(N2CCCCCC2)nc1)NC1CCN(CC(F)(F)F)C1. The number of hydrogen-bond donors (Lipinski definition) is 2. The summed E-state index contributed by atoms with van der Waals surface area (Å²) in [6.07, 6.45) is 3.41. The fourth-order valence-corrected chi connectivity index (χ4v) is 3.93. The summed E-state index contributed by atoms with van der Waals surface area (Å²) in [4.78, 5) is 12.6. The molecule has 6 nitrogen and oxygen atoms in total. The van der Waals surface area contributed by atoms with E-state index in [2.05, 4.69) is 37.6 Å². The number of hydrogen-bond acceptors (Lipinski definition) is 4. The number of halogens is 3. The summed E-state index contributed by atoms with van der Waals surface area (Å²) in [5.41, 5.74) is 1.04. The minimum atomic E-state index is -4.15. The molecule has 3 rings (SSSR count). The second-order valence-electron chi connectivity index (χ2n) is 7.83. The standard InChI is InChI=1S/C20H31F3N6/c1-24-19(27-17-8-11-28(14-17)15-20(21,22)23)26-13-16-6-7-18(25-12-16)29-9-4-2-3-5-10-29/h6-7,12,17H,2-5,8-11,13-15H2,1H3,(H2,24,26,27). The van der Waals surface area contributed by atoms with Crippen molar-refractivity contribution in [1.29, 1.82) is 0 Å². The van der Waals surface area contributed by atoms with Crippen LogP contribution in [-0.4, -0.2) is 67.8 Å². The van der Waals surface area contributed by atoms with Gasteiger partial charge in [-0.3, -0.25) is 9.89 Å². The molecular formula is C20H31F3N6. The topological polar surface area (TPSA) is 55.8 Å². The van der Waals surface area contributed by atoms with Gasteiger partial charge >= 0.3 is 6.18 Å². The molecule has 1 unspecified atom stereocenters. The number of nitrogens with one attached hydrogen (secondary N) is 2. The number of likely N-dealkylation sites (tertiary alicyclic amines) is 1. The summed E-state index contributed by atoms with van der Waals surface area (Å²) in [6.45, 7) is 2.64. The van der Waals surface area contributed by atoms with Crippen LogP contribution in [0.1, 0.15) is 37.7 Å². The fourth-order valence-electron chi connectivity index (χ4n) is 3.93. The van der Waals surface area contributed by atoms with Crippen molar-refractivity contribution in [3.63, 3.8) is 0 Å². The first kappa shape index (κ1) is 21.7. The van der Waals surface area contributed by atoms with Crippen LogP contribution in [0.5, 0.6) is 0 Å². The lowest BCUT2D eigenvalue weighted by atomic mass is 10.2. The summed E-state index contributed by atoms with van der Waals surface area (Å²) < 4.78 is 37.6. The molecule has 2 N–H and O–H groups in total. The van der Waals surface area contributed by atoms with E-state index in [0.29, 0.717) is 32.0 Å². The number of pyridine rings is 1. The highest BCUT2D eigenvalue weighted by molar-refractivity contribution is 5.80. The Morgan fingerprint density at radius 2 is 1.93 bits per heavy atom. The molecule has 0 amide bonds. The molecule has 2 aliphatic heterocycles. The van der Waals surface area contributed by atoms with Crippen molar-refractivity contribution in [1.82, 2.24) is 20.5 Å². The Bertz CT molecular complexity index is 653. The van der Waals surface area contributed by atoms with E-state index in [1.54, 1.807) is 7.05 Å². The van der Waals surface area contributed by atoms with E-state index in [1.165, 1.54) is 30.6 Å². The molecule has 2 saturated heterocycles. The minimum absolute atomic E-state index is 0.0351. The first-order chi connectivity index (χ1) is 13.9. The van der Waals surface area contributed by atoms with Crippen molar-refractivity contribution in [2.24, 2.45) is 4.99 Å². The van der Waals surface area contributed by atoms with Crippen LogP contribution in [0.3, 0.4) is 0 Å². The maximum absolute atomic E-state index is 12.5.